The Bertz CT molecular complexity index is 1060. The van der Waals surface area contributed by atoms with E-state index in [-0.39, 0.29) is 0 Å². The van der Waals surface area contributed by atoms with Crippen molar-refractivity contribution in [2.45, 2.75) is 69.9 Å². The number of rotatable bonds is 5. The highest BCUT2D eigenvalue weighted by Gasteiger charge is 2.46. The standard InChI is InChI=1S/C25H34N6O2/c1-33-23-11-10-22-27-26-21(31(22)28-23)8-4-9-24(32)30-13-5-6-17-14-18-15-19(25(17)30)16-29-12-3-2-7-20(18)29/h10-11,14,18-20,25H,2-9,12-13,15-16H2,1H3/t18-,19-,20?,25?/m0/s1. The lowest BCUT2D eigenvalue weighted by Gasteiger charge is -2.54. The summed E-state index contributed by atoms with van der Waals surface area (Å²) in [6.07, 6.45) is 12.2. The van der Waals surface area contributed by atoms with Crippen LogP contribution in [0.25, 0.3) is 5.65 Å². The number of likely N-dealkylation sites (tertiary alicyclic amines) is 1. The average molecular weight is 451 g/mol. The van der Waals surface area contributed by atoms with E-state index in [0.717, 1.165) is 31.3 Å². The van der Waals surface area contributed by atoms with Gasteiger partial charge in [-0.05, 0) is 63.0 Å². The molecule has 4 aliphatic rings. The third kappa shape index (κ3) is 3.82. The van der Waals surface area contributed by atoms with Crippen LogP contribution in [0.2, 0.25) is 0 Å². The predicted octanol–water partition coefficient (Wildman–Crippen LogP) is 2.88. The minimum atomic E-state index is 0.296. The van der Waals surface area contributed by atoms with Crippen molar-refractivity contribution >= 4 is 11.6 Å². The summed E-state index contributed by atoms with van der Waals surface area (Å²) in [5.41, 5.74) is 2.26. The van der Waals surface area contributed by atoms with Gasteiger partial charge in [0.2, 0.25) is 11.8 Å². The molecule has 33 heavy (non-hydrogen) atoms. The number of methoxy groups -OCH3 is 1. The van der Waals surface area contributed by atoms with Crippen molar-refractivity contribution < 1.29 is 9.53 Å². The van der Waals surface area contributed by atoms with E-state index in [0.29, 0.717) is 48.2 Å². The highest BCUT2D eigenvalue weighted by atomic mass is 16.5. The smallest absolute Gasteiger partial charge is 0.231 e. The van der Waals surface area contributed by atoms with E-state index in [1.54, 1.807) is 23.3 Å². The zero-order valence-electron chi connectivity index (χ0n) is 19.5. The van der Waals surface area contributed by atoms with E-state index < -0.39 is 0 Å². The van der Waals surface area contributed by atoms with Crippen LogP contribution in [0.3, 0.4) is 0 Å². The van der Waals surface area contributed by atoms with E-state index >= 15 is 0 Å². The Morgan fingerprint density at radius 1 is 1.18 bits per heavy atom. The zero-order chi connectivity index (χ0) is 22.4. The zero-order valence-corrected chi connectivity index (χ0v) is 19.5. The van der Waals surface area contributed by atoms with Gasteiger partial charge in [-0.15, -0.1) is 15.3 Å². The fraction of sp³-hybridized carbons (Fsp3) is 0.680. The maximum Gasteiger partial charge on any atom is 0.231 e. The number of fused-ring (bicyclic) bond motifs is 7. The number of piperidine rings is 3. The Labute approximate surface area is 195 Å². The van der Waals surface area contributed by atoms with Gasteiger partial charge >= 0.3 is 0 Å². The van der Waals surface area contributed by atoms with Gasteiger partial charge in [-0.1, -0.05) is 18.1 Å². The molecule has 176 valence electrons. The summed E-state index contributed by atoms with van der Waals surface area (Å²) in [5.74, 6) is 2.91. The summed E-state index contributed by atoms with van der Waals surface area (Å²) in [7, 11) is 1.60. The molecule has 0 radical (unpaired) electrons. The lowest BCUT2D eigenvalue weighted by atomic mass is 9.68. The van der Waals surface area contributed by atoms with Crippen LogP contribution < -0.4 is 4.74 Å². The van der Waals surface area contributed by atoms with Crippen LogP contribution in [-0.4, -0.2) is 74.3 Å². The van der Waals surface area contributed by atoms with Crippen molar-refractivity contribution in [3.05, 3.63) is 29.6 Å². The van der Waals surface area contributed by atoms with Crippen LogP contribution in [0.5, 0.6) is 5.88 Å². The first kappa shape index (κ1) is 21.1. The van der Waals surface area contributed by atoms with Crippen LogP contribution in [0.1, 0.15) is 57.2 Å². The minimum absolute atomic E-state index is 0.296. The first-order valence-electron chi connectivity index (χ1n) is 12.7. The molecule has 0 saturated carbocycles. The quantitative estimate of drug-likeness (QED) is 0.652. The van der Waals surface area contributed by atoms with E-state index in [1.807, 2.05) is 6.07 Å². The average Bonchev–Trinajstić information content (AvgIpc) is 3.25. The van der Waals surface area contributed by atoms with Crippen molar-refractivity contribution in [2.75, 3.05) is 26.7 Å². The number of aryl methyl sites for hydroxylation is 1. The molecule has 8 nitrogen and oxygen atoms in total. The molecule has 1 amide bonds. The van der Waals surface area contributed by atoms with E-state index in [9.17, 15) is 4.79 Å². The SMILES string of the molecule is COc1ccc2nnc(CCCC(=O)N3CCCC4=C[C@H]5C[C@@H](CN6CCCCC56)C43)n2n1. The van der Waals surface area contributed by atoms with Gasteiger partial charge in [0.1, 0.15) is 0 Å². The van der Waals surface area contributed by atoms with Crippen LogP contribution in [0, 0.1) is 11.8 Å². The first-order valence-corrected chi connectivity index (χ1v) is 12.7. The number of carbonyl (C=O) groups excluding carboxylic acids is 1. The van der Waals surface area contributed by atoms with Crippen LogP contribution >= 0.6 is 0 Å². The topological polar surface area (TPSA) is 75.9 Å². The predicted molar refractivity (Wildman–Crippen MR) is 124 cm³/mol. The molecule has 5 heterocycles. The lowest BCUT2D eigenvalue weighted by Crippen LogP contribution is -2.60. The van der Waals surface area contributed by atoms with Gasteiger partial charge in [0.25, 0.3) is 0 Å². The monoisotopic (exact) mass is 450 g/mol. The van der Waals surface area contributed by atoms with E-state index in [1.165, 1.54) is 45.2 Å². The fourth-order valence-electron chi connectivity index (χ4n) is 6.88. The molecule has 3 saturated heterocycles. The Kier molecular flexibility index (Phi) is 5.56. The molecule has 2 unspecified atom stereocenters. The molecule has 0 N–H and O–H groups in total. The molecule has 1 aliphatic carbocycles. The van der Waals surface area contributed by atoms with Gasteiger partial charge in [0, 0.05) is 38.0 Å². The Hall–Kier alpha value is -2.48. The van der Waals surface area contributed by atoms with Gasteiger partial charge in [0.15, 0.2) is 11.5 Å². The number of hydrogen-bond acceptors (Lipinski definition) is 6. The van der Waals surface area contributed by atoms with Gasteiger partial charge in [0.05, 0.1) is 13.2 Å². The minimum Gasteiger partial charge on any atom is -0.480 e. The second kappa shape index (κ2) is 8.70. The molecule has 8 heteroatoms. The van der Waals surface area contributed by atoms with Crippen LogP contribution in [-0.2, 0) is 11.2 Å². The van der Waals surface area contributed by atoms with Crippen LogP contribution in [0.15, 0.2) is 23.8 Å². The molecule has 6 rings (SSSR count). The summed E-state index contributed by atoms with van der Waals surface area (Å²) >= 11 is 0. The highest BCUT2D eigenvalue weighted by Crippen LogP contribution is 2.45. The van der Waals surface area contributed by atoms with Crippen molar-refractivity contribution in [3.63, 3.8) is 0 Å². The van der Waals surface area contributed by atoms with Gasteiger partial charge < -0.3 is 9.64 Å². The Balaban J connectivity index is 1.13. The molecule has 4 atom stereocenters. The summed E-state index contributed by atoms with van der Waals surface area (Å²) in [4.78, 5) is 18.4. The summed E-state index contributed by atoms with van der Waals surface area (Å²) < 4.78 is 6.95. The molecule has 3 fully saturated rings. The highest BCUT2D eigenvalue weighted by molar-refractivity contribution is 5.77. The lowest BCUT2D eigenvalue weighted by molar-refractivity contribution is -0.136. The summed E-state index contributed by atoms with van der Waals surface area (Å²) in [6.45, 7) is 3.32. The maximum absolute atomic E-state index is 13.4. The third-order valence-electron chi connectivity index (χ3n) is 8.28. The van der Waals surface area contributed by atoms with Gasteiger partial charge in [-0.2, -0.15) is 4.52 Å². The second-order valence-electron chi connectivity index (χ2n) is 10.2. The second-order valence-corrected chi connectivity index (χ2v) is 10.2. The number of amides is 1. The Morgan fingerprint density at radius 2 is 2.12 bits per heavy atom. The molecule has 2 aromatic heterocycles. The van der Waals surface area contributed by atoms with Crippen molar-refractivity contribution in [3.8, 4) is 5.88 Å². The first-order chi connectivity index (χ1) is 16.2. The van der Waals surface area contributed by atoms with Gasteiger partial charge in [-0.25, -0.2) is 0 Å². The van der Waals surface area contributed by atoms with E-state index in [2.05, 4.69) is 31.2 Å². The largest absolute Gasteiger partial charge is 0.480 e. The molecule has 0 aromatic carbocycles. The number of hydrogen-bond donors (Lipinski definition) is 0. The normalized spacial score (nSPS) is 29.4. The molecule has 2 bridgehead atoms. The van der Waals surface area contributed by atoms with Crippen molar-refractivity contribution in [2.24, 2.45) is 11.8 Å². The van der Waals surface area contributed by atoms with E-state index in [4.69, 9.17) is 4.74 Å². The molecular weight excluding hydrogens is 416 g/mol. The summed E-state index contributed by atoms with van der Waals surface area (Å²) in [6, 6.07) is 4.71. The molecule has 3 aliphatic heterocycles. The Morgan fingerprint density at radius 3 is 3.03 bits per heavy atom. The number of aromatic nitrogens is 4. The fourth-order valence-corrected chi connectivity index (χ4v) is 6.88. The third-order valence-corrected chi connectivity index (χ3v) is 8.28. The van der Waals surface area contributed by atoms with Crippen molar-refractivity contribution in [1.82, 2.24) is 29.6 Å². The van der Waals surface area contributed by atoms with Crippen molar-refractivity contribution in [1.29, 1.82) is 0 Å². The maximum atomic E-state index is 13.4. The van der Waals surface area contributed by atoms with Gasteiger partial charge in [-0.3, -0.25) is 9.69 Å². The van der Waals surface area contributed by atoms with Crippen LogP contribution in [0.4, 0.5) is 0 Å². The molecule has 0 spiro atoms. The number of ether oxygens (including phenoxy) is 1. The summed E-state index contributed by atoms with van der Waals surface area (Å²) in [5, 5.41) is 12.9. The molecule has 2 aromatic rings. The number of nitrogens with zero attached hydrogens (tertiary/aromatic N) is 6. The number of carbonyl (C=O) groups is 1. The molecular formula is C25H34N6O2.